The molecular formula is C14H25N3O2. The fourth-order valence-electron chi connectivity index (χ4n) is 3.07. The van der Waals surface area contributed by atoms with Crippen molar-refractivity contribution in [2.45, 2.75) is 43.9 Å². The highest BCUT2D eigenvalue weighted by Crippen LogP contribution is 2.29. The number of rotatable bonds is 4. The molecule has 1 amide bonds. The van der Waals surface area contributed by atoms with E-state index in [-0.39, 0.29) is 12.0 Å². The van der Waals surface area contributed by atoms with Crippen molar-refractivity contribution in [2.24, 2.45) is 0 Å². The molecule has 1 N–H and O–H groups in total. The molecule has 5 nitrogen and oxygen atoms in total. The molecule has 1 saturated carbocycles. The van der Waals surface area contributed by atoms with Crippen LogP contribution in [0.3, 0.4) is 0 Å². The standard InChI is InChI=1S/C14H25N3O2/c1-16-7-8-19-13(10-16)14(18)17(12-4-5-12)9-11-3-2-6-15-11/h11-13,15H,2-10H2,1H3/t11-,13+/m1/s1. The molecule has 0 radical (unpaired) electrons. The molecular weight excluding hydrogens is 242 g/mol. The van der Waals surface area contributed by atoms with Crippen LogP contribution in [0, 0.1) is 0 Å². The monoisotopic (exact) mass is 267 g/mol. The second kappa shape index (κ2) is 5.77. The van der Waals surface area contributed by atoms with Gasteiger partial charge in [-0.05, 0) is 39.3 Å². The Kier molecular flexibility index (Phi) is 4.05. The minimum absolute atomic E-state index is 0.211. The molecule has 0 spiro atoms. The molecule has 3 aliphatic rings. The zero-order valence-corrected chi connectivity index (χ0v) is 11.8. The molecule has 19 heavy (non-hydrogen) atoms. The van der Waals surface area contributed by atoms with Crippen LogP contribution in [0.2, 0.25) is 0 Å². The summed E-state index contributed by atoms with van der Waals surface area (Å²) in [6, 6.07) is 0.969. The van der Waals surface area contributed by atoms with E-state index in [9.17, 15) is 4.79 Å². The van der Waals surface area contributed by atoms with Gasteiger partial charge in [-0.3, -0.25) is 4.79 Å². The lowest BCUT2D eigenvalue weighted by Crippen LogP contribution is -2.52. The summed E-state index contributed by atoms with van der Waals surface area (Å²) in [7, 11) is 2.06. The first-order valence-corrected chi connectivity index (χ1v) is 7.58. The van der Waals surface area contributed by atoms with Gasteiger partial charge in [0.1, 0.15) is 6.10 Å². The molecule has 5 heteroatoms. The first-order valence-electron chi connectivity index (χ1n) is 7.58. The third-order valence-corrected chi connectivity index (χ3v) is 4.40. The Hall–Kier alpha value is -0.650. The smallest absolute Gasteiger partial charge is 0.253 e. The Balaban J connectivity index is 1.60. The van der Waals surface area contributed by atoms with Gasteiger partial charge < -0.3 is 19.9 Å². The summed E-state index contributed by atoms with van der Waals surface area (Å²) >= 11 is 0. The molecule has 1 aliphatic carbocycles. The quantitative estimate of drug-likeness (QED) is 0.782. The molecule has 3 fully saturated rings. The average molecular weight is 267 g/mol. The summed E-state index contributed by atoms with van der Waals surface area (Å²) in [6.45, 7) is 4.30. The Morgan fingerprint density at radius 1 is 1.42 bits per heavy atom. The van der Waals surface area contributed by atoms with E-state index in [0.717, 1.165) is 26.2 Å². The molecule has 0 aromatic carbocycles. The normalized spacial score (nSPS) is 32.5. The number of amides is 1. The number of nitrogens with one attached hydrogen (secondary N) is 1. The van der Waals surface area contributed by atoms with Crippen LogP contribution in [0.1, 0.15) is 25.7 Å². The second-order valence-electron chi connectivity index (χ2n) is 6.14. The highest BCUT2D eigenvalue weighted by atomic mass is 16.5. The molecule has 108 valence electrons. The van der Waals surface area contributed by atoms with Gasteiger partial charge in [0.25, 0.3) is 5.91 Å². The highest BCUT2D eigenvalue weighted by Gasteiger charge is 2.38. The topological polar surface area (TPSA) is 44.8 Å². The first kappa shape index (κ1) is 13.3. The lowest BCUT2D eigenvalue weighted by molar-refractivity contribution is -0.149. The van der Waals surface area contributed by atoms with E-state index in [1.54, 1.807) is 0 Å². The molecule has 0 unspecified atom stereocenters. The molecule has 2 aliphatic heterocycles. The number of ether oxygens (including phenoxy) is 1. The minimum atomic E-state index is -0.249. The number of carbonyl (C=O) groups is 1. The van der Waals surface area contributed by atoms with Crippen molar-refractivity contribution in [3.63, 3.8) is 0 Å². The number of nitrogens with zero attached hydrogens (tertiary/aromatic N) is 2. The van der Waals surface area contributed by atoms with E-state index in [1.165, 1.54) is 25.7 Å². The maximum absolute atomic E-state index is 12.7. The van der Waals surface area contributed by atoms with E-state index in [2.05, 4.69) is 22.2 Å². The molecule has 0 aromatic rings. The van der Waals surface area contributed by atoms with Crippen molar-refractivity contribution in [1.29, 1.82) is 0 Å². The summed E-state index contributed by atoms with van der Waals surface area (Å²) in [5.74, 6) is 0.211. The first-order chi connectivity index (χ1) is 9.24. The van der Waals surface area contributed by atoms with E-state index in [1.807, 2.05) is 0 Å². The van der Waals surface area contributed by atoms with Crippen LogP contribution in [-0.2, 0) is 9.53 Å². The van der Waals surface area contributed by atoms with Crippen molar-refractivity contribution >= 4 is 5.91 Å². The van der Waals surface area contributed by atoms with Crippen LogP contribution in [0.25, 0.3) is 0 Å². The van der Waals surface area contributed by atoms with E-state index in [4.69, 9.17) is 4.74 Å². The molecule has 2 heterocycles. The number of hydrogen-bond acceptors (Lipinski definition) is 4. The molecule has 0 aromatic heterocycles. The van der Waals surface area contributed by atoms with Crippen LogP contribution in [0.15, 0.2) is 0 Å². The van der Waals surface area contributed by atoms with E-state index < -0.39 is 0 Å². The zero-order valence-electron chi connectivity index (χ0n) is 11.8. The number of morpholine rings is 1. The van der Waals surface area contributed by atoms with Gasteiger partial charge in [-0.2, -0.15) is 0 Å². The van der Waals surface area contributed by atoms with Crippen LogP contribution in [-0.4, -0.2) is 73.7 Å². The van der Waals surface area contributed by atoms with Crippen molar-refractivity contribution in [1.82, 2.24) is 15.1 Å². The number of carbonyl (C=O) groups excluding carboxylic acids is 1. The lowest BCUT2D eigenvalue weighted by Gasteiger charge is -2.34. The van der Waals surface area contributed by atoms with E-state index >= 15 is 0 Å². The van der Waals surface area contributed by atoms with Crippen molar-refractivity contribution in [3.8, 4) is 0 Å². The second-order valence-corrected chi connectivity index (χ2v) is 6.14. The summed E-state index contributed by atoms with van der Waals surface area (Å²) in [6.07, 6.45) is 4.52. The Bertz CT molecular complexity index is 327. The molecule has 3 rings (SSSR count). The summed E-state index contributed by atoms with van der Waals surface area (Å²) < 4.78 is 5.68. The fraction of sp³-hybridized carbons (Fsp3) is 0.929. The lowest BCUT2D eigenvalue weighted by atomic mass is 10.2. The van der Waals surface area contributed by atoms with Crippen LogP contribution >= 0.6 is 0 Å². The fourth-order valence-corrected chi connectivity index (χ4v) is 3.07. The highest BCUT2D eigenvalue weighted by molar-refractivity contribution is 5.82. The van der Waals surface area contributed by atoms with Crippen LogP contribution in [0.5, 0.6) is 0 Å². The van der Waals surface area contributed by atoms with Gasteiger partial charge in [-0.25, -0.2) is 0 Å². The average Bonchev–Trinajstić information content (AvgIpc) is 3.12. The molecule has 2 atom stereocenters. The maximum atomic E-state index is 12.7. The third kappa shape index (κ3) is 3.27. The van der Waals surface area contributed by atoms with Crippen LogP contribution in [0.4, 0.5) is 0 Å². The predicted octanol–water partition coefficient (Wildman–Crippen LogP) is 0.0600. The van der Waals surface area contributed by atoms with Crippen LogP contribution < -0.4 is 5.32 Å². The minimum Gasteiger partial charge on any atom is -0.366 e. The summed E-state index contributed by atoms with van der Waals surface area (Å²) in [5, 5.41) is 3.49. The van der Waals surface area contributed by atoms with Crippen molar-refractivity contribution in [3.05, 3.63) is 0 Å². The number of likely N-dealkylation sites (N-methyl/N-ethyl adjacent to an activating group) is 1. The van der Waals surface area contributed by atoms with Crippen molar-refractivity contribution < 1.29 is 9.53 Å². The number of hydrogen-bond donors (Lipinski definition) is 1. The summed E-state index contributed by atoms with van der Waals surface area (Å²) in [4.78, 5) is 16.9. The Morgan fingerprint density at radius 2 is 2.26 bits per heavy atom. The SMILES string of the molecule is CN1CCO[C@H](C(=O)N(C[C@H]2CCCN2)C2CC2)C1. The maximum Gasteiger partial charge on any atom is 0.253 e. The van der Waals surface area contributed by atoms with Gasteiger partial charge in [0.2, 0.25) is 0 Å². The third-order valence-electron chi connectivity index (χ3n) is 4.40. The van der Waals surface area contributed by atoms with Gasteiger partial charge in [0.05, 0.1) is 6.61 Å². The van der Waals surface area contributed by atoms with Gasteiger partial charge >= 0.3 is 0 Å². The Labute approximate surface area is 115 Å². The van der Waals surface area contributed by atoms with Gasteiger partial charge in [0.15, 0.2) is 0 Å². The summed E-state index contributed by atoms with van der Waals surface area (Å²) in [5.41, 5.74) is 0. The molecule has 0 bridgehead atoms. The molecule has 2 saturated heterocycles. The van der Waals surface area contributed by atoms with Gasteiger partial charge in [-0.15, -0.1) is 0 Å². The van der Waals surface area contributed by atoms with Gasteiger partial charge in [-0.1, -0.05) is 0 Å². The largest absolute Gasteiger partial charge is 0.366 e. The van der Waals surface area contributed by atoms with Gasteiger partial charge in [0, 0.05) is 31.7 Å². The zero-order chi connectivity index (χ0) is 13.2. The predicted molar refractivity (Wildman–Crippen MR) is 73.0 cm³/mol. The Morgan fingerprint density at radius 3 is 2.89 bits per heavy atom. The van der Waals surface area contributed by atoms with E-state index in [0.29, 0.717) is 18.7 Å². The van der Waals surface area contributed by atoms with Crippen molar-refractivity contribution in [2.75, 3.05) is 39.8 Å².